The molecule has 1 aliphatic heterocycles. The number of fused-ring (bicyclic) bond motifs is 1. The van der Waals surface area contributed by atoms with Crippen LogP contribution in [-0.2, 0) is 11.8 Å². The van der Waals surface area contributed by atoms with Crippen molar-refractivity contribution in [3.63, 3.8) is 0 Å². The van der Waals surface area contributed by atoms with Crippen LogP contribution in [0, 0.1) is 19.7 Å². The number of aryl methyl sites for hydroxylation is 3. The van der Waals surface area contributed by atoms with Crippen LogP contribution in [0.5, 0.6) is 0 Å². The van der Waals surface area contributed by atoms with Crippen LogP contribution in [0.25, 0.3) is 10.9 Å². The van der Waals surface area contributed by atoms with Gasteiger partial charge in [-0.05, 0) is 37.6 Å². The first-order valence-electron chi connectivity index (χ1n) is 8.62. The van der Waals surface area contributed by atoms with Crippen LogP contribution >= 0.6 is 0 Å². The molecule has 1 unspecified atom stereocenters. The molecular weight excluding hydrogens is 335 g/mol. The highest BCUT2D eigenvalue weighted by Gasteiger charge is 2.30. The summed E-state index contributed by atoms with van der Waals surface area (Å²) in [5.41, 5.74) is 2.95. The van der Waals surface area contributed by atoms with Crippen LogP contribution in [-0.4, -0.2) is 45.0 Å². The van der Waals surface area contributed by atoms with Gasteiger partial charge in [0.05, 0.1) is 18.8 Å². The van der Waals surface area contributed by atoms with E-state index >= 15 is 0 Å². The van der Waals surface area contributed by atoms with Gasteiger partial charge in [-0.2, -0.15) is 0 Å². The van der Waals surface area contributed by atoms with Gasteiger partial charge in [-0.25, -0.2) is 9.37 Å². The summed E-state index contributed by atoms with van der Waals surface area (Å²) < 4.78 is 21.3. The zero-order valence-corrected chi connectivity index (χ0v) is 15.0. The van der Waals surface area contributed by atoms with E-state index in [1.807, 2.05) is 31.7 Å². The predicted octanol–water partition coefficient (Wildman–Crippen LogP) is 2.87. The Morgan fingerprint density at radius 2 is 2.19 bits per heavy atom. The second-order valence-corrected chi connectivity index (χ2v) is 6.78. The minimum absolute atomic E-state index is 0.0988. The fraction of sp³-hybridized carbons (Fsp3) is 0.368. The van der Waals surface area contributed by atoms with Gasteiger partial charge in [0.25, 0.3) is 5.91 Å². The topological polar surface area (TPSA) is 63.2 Å². The molecule has 2 aromatic heterocycles. The molecule has 0 saturated carbocycles. The summed E-state index contributed by atoms with van der Waals surface area (Å²) in [7, 11) is 1.93. The second-order valence-electron chi connectivity index (χ2n) is 6.78. The lowest BCUT2D eigenvalue weighted by atomic mass is 10.1. The Labute approximate surface area is 150 Å². The number of nitrogens with zero attached hydrogens (tertiary/aromatic N) is 3. The van der Waals surface area contributed by atoms with Crippen molar-refractivity contribution in [2.24, 2.45) is 7.05 Å². The number of imidazole rings is 1. The van der Waals surface area contributed by atoms with E-state index in [2.05, 4.69) is 9.97 Å². The number of nitrogens with one attached hydrogen (secondary N) is 1. The van der Waals surface area contributed by atoms with Gasteiger partial charge in [0, 0.05) is 30.7 Å². The van der Waals surface area contributed by atoms with E-state index in [0.717, 1.165) is 28.0 Å². The number of ether oxygens (including phenoxy) is 1. The van der Waals surface area contributed by atoms with Gasteiger partial charge < -0.3 is 19.2 Å². The van der Waals surface area contributed by atoms with Crippen molar-refractivity contribution < 1.29 is 13.9 Å². The molecule has 1 atom stereocenters. The molecule has 1 amide bonds. The van der Waals surface area contributed by atoms with E-state index in [0.29, 0.717) is 25.4 Å². The molecule has 0 radical (unpaired) electrons. The predicted molar refractivity (Wildman–Crippen MR) is 95.5 cm³/mol. The number of carbonyl (C=O) groups is 1. The van der Waals surface area contributed by atoms with E-state index in [4.69, 9.17) is 4.74 Å². The summed E-state index contributed by atoms with van der Waals surface area (Å²) >= 11 is 0. The number of hydrogen-bond donors (Lipinski definition) is 1. The summed E-state index contributed by atoms with van der Waals surface area (Å²) in [5.74, 6) is 0.406. The molecule has 1 saturated heterocycles. The third-order valence-electron chi connectivity index (χ3n) is 4.91. The Morgan fingerprint density at radius 1 is 1.38 bits per heavy atom. The maximum Gasteiger partial charge on any atom is 0.270 e. The quantitative estimate of drug-likeness (QED) is 0.768. The largest absolute Gasteiger partial charge is 0.367 e. The van der Waals surface area contributed by atoms with Crippen LogP contribution in [0.4, 0.5) is 4.39 Å². The number of H-pyrrole nitrogens is 1. The minimum Gasteiger partial charge on any atom is -0.367 e. The molecule has 4 rings (SSSR count). The number of hydrogen-bond acceptors (Lipinski definition) is 3. The first-order valence-corrected chi connectivity index (χ1v) is 8.62. The van der Waals surface area contributed by atoms with Crippen LogP contribution in [0.1, 0.15) is 33.7 Å². The fourth-order valence-corrected chi connectivity index (χ4v) is 3.59. The highest BCUT2D eigenvalue weighted by molar-refractivity contribution is 6.00. The molecule has 0 bridgehead atoms. The SMILES string of the molecule is Cc1cn(C)c(C2CN(C(=O)c3[nH]c4ccc(F)cc4c3C)CCO2)n1. The van der Waals surface area contributed by atoms with Crippen molar-refractivity contribution in [1.29, 1.82) is 0 Å². The first-order chi connectivity index (χ1) is 12.4. The van der Waals surface area contributed by atoms with E-state index in [1.54, 1.807) is 11.0 Å². The number of carbonyl (C=O) groups excluding carboxylic acids is 1. The molecule has 0 aliphatic carbocycles. The number of benzene rings is 1. The fourth-order valence-electron chi connectivity index (χ4n) is 3.59. The lowest BCUT2D eigenvalue weighted by molar-refractivity contribution is -0.0281. The number of amides is 1. The summed E-state index contributed by atoms with van der Waals surface area (Å²) in [6, 6.07) is 4.50. The molecule has 3 heterocycles. The van der Waals surface area contributed by atoms with Crippen LogP contribution < -0.4 is 0 Å². The molecular formula is C19H21FN4O2. The van der Waals surface area contributed by atoms with Crippen molar-refractivity contribution in [1.82, 2.24) is 19.4 Å². The molecule has 7 heteroatoms. The Balaban J connectivity index is 1.62. The maximum absolute atomic E-state index is 13.5. The summed E-state index contributed by atoms with van der Waals surface area (Å²) in [6.07, 6.45) is 1.68. The Morgan fingerprint density at radius 3 is 2.92 bits per heavy atom. The average molecular weight is 356 g/mol. The lowest BCUT2D eigenvalue weighted by Gasteiger charge is -2.32. The van der Waals surface area contributed by atoms with Gasteiger partial charge in [0.2, 0.25) is 0 Å². The Kier molecular flexibility index (Phi) is 4.03. The number of aromatic nitrogens is 3. The smallest absolute Gasteiger partial charge is 0.270 e. The summed E-state index contributed by atoms with van der Waals surface area (Å²) in [4.78, 5) is 22.5. The number of halogens is 1. The van der Waals surface area contributed by atoms with Crippen molar-refractivity contribution >= 4 is 16.8 Å². The van der Waals surface area contributed by atoms with Crippen molar-refractivity contribution in [3.8, 4) is 0 Å². The molecule has 0 spiro atoms. The second kappa shape index (κ2) is 6.25. The third kappa shape index (κ3) is 2.78. The average Bonchev–Trinajstić information content (AvgIpc) is 3.13. The number of rotatable bonds is 2. The molecule has 3 aromatic rings. The van der Waals surface area contributed by atoms with Crippen molar-refractivity contribution in [2.75, 3.05) is 19.7 Å². The van der Waals surface area contributed by atoms with Gasteiger partial charge >= 0.3 is 0 Å². The van der Waals surface area contributed by atoms with Crippen LogP contribution in [0.2, 0.25) is 0 Å². The lowest BCUT2D eigenvalue weighted by Crippen LogP contribution is -2.43. The highest BCUT2D eigenvalue weighted by Crippen LogP contribution is 2.26. The van der Waals surface area contributed by atoms with Crippen molar-refractivity contribution in [2.45, 2.75) is 20.0 Å². The summed E-state index contributed by atoms with van der Waals surface area (Å²) in [6.45, 7) is 5.18. The standard InChI is InChI=1S/C19H21FN4O2/c1-11-9-23(3)18(21-11)16-10-24(6-7-26-16)19(25)17-12(2)14-8-13(20)4-5-15(14)22-17/h4-5,8-9,16,22H,6-7,10H2,1-3H3. The molecule has 1 aliphatic rings. The molecule has 1 aromatic carbocycles. The zero-order valence-electron chi connectivity index (χ0n) is 15.0. The Bertz CT molecular complexity index is 991. The molecule has 6 nitrogen and oxygen atoms in total. The molecule has 26 heavy (non-hydrogen) atoms. The van der Waals surface area contributed by atoms with E-state index in [9.17, 15) is 9.18 Å². The number of aromatic amines is 1. The zero-order chi connectivity index (χ0) is 18.4. The monoisotopic (exact) mass is 356 g/mol. The van der Waals surface area contributed by atoms with Crippen LogP contribution in [0.15, 0.2) is 24.4 Å². The number of morpholine rings is 1. The third-order valence-corrected chi connectivity index (χ3v) is 4.91. The molecule has 1 N–H and O–H groups in total. The molecule has 1 fully saturated rings. The van der Waals surface area contributed by atoms with Gasteiger partial charge in [0.15, 0.2) is 0 Å². The first kappa shape index (κ1) is 16.8. The highest BCUT2D eigenvalue weighted by atomic mass is 19.1. The van der Waals surface area contributed by atoms with Gasteiger partial charge in [-0.3, -0.25) is 4.79 Å². The summed E-state index contributed by atoms with van der Waals surface area (Å²) in [5, 5.41) is 0.734. The van der Waals surface area contributed by atoms with E-state index in [1.165, 1.54) is 12.1 Å². The van der Waals surface area contributed by atoms with Gasteiger partial charge in [-0.15, -0.1) is 0 Å². The van der Waals surface area contributed by atoms with Gasteiger partial charge in [0.1, 0.15) is 23.4 Å². The van der Waals surface area contributed by atoms with Gasteiger partial charge in [-0.1, -0.05) is 0 Å². The molecule has 136 valence electrons. The normalized spacial score (nSPS) is 17.8. The van der Waals surface area contributed by atoms with Crippen LogP contribution in [0.3, 0.4) is 0 Å². The van der Waals surface area contributed by atoms with Crippen molar-refractivity contribution in [3.05, 3.63) is 53.0 Å². The minimum atomic E-state index is -0.310. The Hall–Kier alpha value is -2.67. The van der Waals surface area contributed by atoms with E-state index in [-0.39, 0.29) is 17.8 Å². The maximum atomic E-state index is 13.5. The van der Waals surface area contributed by atoms with E-state index < -0.39 is 0 Å².